The molecule has 3 atom stereocenters. The number of nitrogens with one attached hydrogen (secondary N) is 1. The van der Waals surface area contributed by atoms with E-state index in [1.165, 1.54) is 0 Å². The van der Waals surface area contributed by atoms with Crippen LogP contribution in [0.1, 0.15) is 12.6 Å². The van der Waals surface area contributed by atoms with Gasteiger partial charge in [0.1, 0.15) is 18.9 Å². The van der Waals surface area contributed by atoms with Crippen LogP contribution in [0.25, 0.3) is 0 Å². The molecule has 1 aromatic rings. The van der Waals surface area contributed by atoms with Crippen LogP contribution in [-0.2, 0) is 4.74 Å². The van der Waals surface area contributed by atoms with Gasteiger partial charge in [-0.15, -0.1) is 0 Å². The predicted molar refractivity (Wildman–Crippen MR) is 53.0 cm³/mol. The number of hydrogen-bond donors (Lipinski definition) is 3. The van der Waals surface area contributed by atoms with Gasteiger partial charge in [0.15, 0.2) is 0 Å². The fourth-order valence-corrected chi connectivity index (χ4v) is 1.71. The first-order chi connectivity index (χ1) is 8.37. The Hall–Kier alpha value is -1.58. The van der Waals surface area contributed by atoms with Crippen LogP contribution in [0.5, 0.6) is 0 Å². The lowest BCUT2D eigenvalue weighted by molar-refractivity contribution is -0.207. The molecule has 1 aromatic heterocycles. The second-order valence-corrected chi connectivity index (χ2v) is 3.91. The minimum absolute atomic E-state index is 0.359. The van der Waals surface area contributed by atoms with E-state index < -0.39 is 41.9 Å². The van der Waals surface area contributed by atoms with Gasteiger partial charge >= 0.3 is 5.69 Å². The van der Waals surface area contributed by atoms with Crippen molar-refractivity contribution in [1.29, 1.82) is 0 Å². The lowest BCUT2D eigenvalue weighted by Gasteiger charge is -2.20. The van der Waals surface area contributed by atoms with Gasteiger partial charge in [0.05, 0.1) is 6.20 Å². The fourth-order valence-electron chi connectivity index (χ4n) is 1.71. The first kappa shape index (κ1) is 12.9. The third kappa shape index (κ3) is 1.96. The third-order valence-electron chi connectivity index (χ3n) is 2.70. The minimum atomic E-state index is -2.71. The van der Waals surface area contributed by atoms with E-state index in [0.717, 1.165) is 0 Å². The minimum Gasteiger partial charge on any atom is -0.390 e. The van der Waals surface area contributed by atoms with Gasteiger partial charge in [0, 0.05) is 6.42 Å². The number of hydrogen-bond acceptors (Lipinski definition) is 5. The Kier molecular flexibility index (Phi) is 3.05. The Morgan fingerprint density at radius 2 is 2.28 bits per heavy atom. The summed E-state index contributed by atoms with van der Waals surface area (Å²) in [7, 11) is 0. The average Bonchev–Trinajstić information content (AvgIpc) is 2.61. The molecule has 1 saturated heterocycles. The lowest BCUT2D eigenvalue weighted by atomic mass is 10.1. The fraction of sp³-hybridized carbons (Fsp3) is 0.556. The van der Waals surface area contributed by atoms with E-state index in [4.69, 9.17) is 5.11 Å². The van der Waals surface area contributed by atoms with E-state index >= 15 is 0 Å². The Labute approximate surface area is 98.3 Å². The molecule has 0 saturated carbocycles. The predicted octanol–water partition coefficient (Wildman–Crippen LogP) is -1.39. The zero-order valence-electron chi connectivity index (χ0n) is 8.97. The number of H-pyrrole nitrogens is 1. The summed E-state index contributed by atoms with van der Waals surface area (Å²) in [4.78, 5) is 23.9. The van der Waals surface area contributed by atoms with Crippen LogP contribution in [0.15, 0.2) is 15.8 Å². The van der Waals surface area contributed by atoms with E-state index in [9.17, 15) is 23.5 Å². The van der Waals surface area contributed by atoms with E-state index in [-0.39, 0.29) is 6.42 Å². The second kappa shape index (κ2) is 4.26. The van der Waals surface area contributed by atoms with Gasteiger partial charge in [-0.2, -0.15) is 4.39 Å². The quantitative estimate of drug-likeness (QED) is 0.610. The molecule has 0 spiro atoms. The number of halogens is 2. The van der Waals surface area contributed by atoms with Crippen LogP contribution in [-0.4, -0.2) is 38.3 Å². The van der Waals surface area contributed by atoms with Gasteiger partial charge in [-0.25, -0.2) is 9.18 Å². The molecule has 2 heterocycles. The normalized spacial score (nSPS) is 31.8. The summed E-state index contributed by atoms with van der Waals surface area (Å²) in [6.07, 6.45) is -2.77. The van der Waals surface area contributed by atoms with Crippen molar-refractivity contribution in [3.8, 4) is 0 Å². The maximum absolute atomic E-state index is 13.7. The first-order valence-electron chi connectivity index (χ1n) is 5.04. The Balaban J connectivity index is 2.38. The highest BCUT2D eigenvalue weighted by atomic mass is 19.2. The third-order valence-corrected chi connectivity index (χ3v) is 2.70. The average molecular weight is 264 g/mol. The molecule has 0 amide bonds. The summed E-state index contributed by atoms with van der Waals surface area (Å²) >= 11 is 0. The summed E-state index contributed by atoms with van der Waals surface area (Å²) in [6, 6.07) is 0. The first-order valence-corrected chi connectivity index (χ1v) is 5.04. The molecule has 0 aliphatic carbocycles. The molecule has 0 unspecified atom stereocenters. The lowest BCUT2D eigenvalue weighted by Crippen LogP contribution is -2.38. The molecule has 2 rings (SSSR count). The van der Waals surface area contributed by atoms with Gasteiger partial charge < -0.3 is 14.9 Å². The Morgan fingerprint density at radius 1 is 1.61 bits per heavy atom. The summed E-state index contributed by atoms with van der Waals surface area (Å²) in [5, 5.41) is 18.1. The molecule has 1 aliphatic rings. The van der Waals surface area contributed by atoms with E-state index in [1.807, 2.05) is 0 Å². The highest BCUT2D eigenvalue weighted by Crippen LogP contribution is 2.36. The van der Waals surface area contributed by atoms with Crippen LogP contribution in [0.2, 0.25) is 0 Å². The highest BCUT2D eigenvalue weighted by Gasteiger charge is 2.49. The van der Waals surface area contributed by atoms with Gasteiger partial charge in [-0.1, -0.05) is 0 Å². The van der Waals surface area contributed by atoms with Crippen LogP contribution in [0, 0.1) is 5.82 Å². The van der Waals surface area contributed by atoms with E-state index in [1.54, 1.807) is 4.98 Å². The van der Waals surface area contributed by atoms with Crippen LogP contribution in [0.3, 0.4) is 0 Å². The highest BCUT2D eigenvalue weighted by molar-refractivity contribution is 4.93. The molecular formula is C9H10F2N2O5. The summed E-state index contributed by atoms with van der Waals surface area (Å²) in [5.41, 5.74) is -2.20. The number of alkyl halides is 1. The number of aliphatic hydroxyl groups is 2. The van der Waals surface area contributed by atoms with Crippen molar-refractivity contribution in [2.45, 2.75) is 24.6 Å². The van der Waals surface area contributed by atoms with Gasteiger partial charge in [-0.05, 0) is 0 Å². The second-order valence-electron chi connectivity index (χ2n) is 3.91. The molecule has 0 radical (unpaired) electrons. The van der Waals surface area contributed by atoms with Crippen molar-refractivity contribution in [3.05, 3.63) is 32.9 Å². The molecule has 7 nitrogen and oxygen atoms in total. The largest absolute Gasteiger partial charge is 0.390 e. The maximum atomic E-state index is 13.7. The van der Waals surface area contributed by atoms with Crippen molar-refractivity contribution in [1.82, 2.24) is 9.55 Å². The standard InChI is InChI=1S/C9H10F2N2O5/c10-4-2-13(8(17)12-7(4)16)6-1-5(15)9(11,3-14)18-6/h2,5-6,14-15H,1,3H2,(H,12,16,17)/t5-,6+,9+/m0/s1. The van der Waals surface area contributed by atoms with Crippen molar-refractivity contribution in [3.63, 3.8) is 0 Å². The molecule has 100 valence electrons. The van der Waals surface area contributed by atoms with E-state index in [2.05, 4.69) is 4.74 Å². The van der Waals surface area contributed by atoms with Crippen molar-refractivity contribution in [2.75, 3.05) is 6.61 Å². The van der Waals surface area contributed by atoms with Gasteiger partial charge in [-0.3, -0.25) is 14.3 Å². The van der Waals surface area contributed by atoms with Crippen LogP contribution < -0.4 is 11.2 Å². The topological polar surface area (TPSA) is 105 Å². The van der Waals surface area contributed by atoms with Crippen molar-refractivity contribution >= 4 is 0 Å². The number of nitrogens with zero attached hydrogens (tertiary/aromatic N) is 1. The molecule has 18 heavy (non-hydrogen) atoms. The molecule has 1 aliphatic heterocycles. The van der Waals surface area contributed by atoms with Crippen LogP contribution in [0.4, 0.5) is 8.78 Å². The van der Waals surface area contributed by atoms with Gasteiger partial charge in [0.2, 0.25) is 5.82 Å². The summed E-state index contributed by atoms with van der Waals surface area (Å²) in [5.74, 6) is -3.95. The summed E-state index contributed by atoms with van der Waals surface area (Å²) in [6.45, 7) is -1.11. The zero-order chi connectivity index (χ0) is 13.5. The smallest absolute Gasteiger partial charge is 0.330 e. The SMILES string of the molecule is O=c1[nH]c(=O)n([C@H]2C[C@H](O)[C@@](F)(CO)O2)cc1F. The number of aromatic amines is 1. The van der Waals surface area contributed by atoms with E-state index in [0.29, 0.717) is 10.8 Å². The Bertz CT molecular complexity index is 571. The molecule has 1 fully saturated rings. The number of rotatable bonds is 2. The van der Waals surface area contributed by atoms with Crippen LogP contribution >= 0.6 is 0 Å². The molecular weight excluding hydrogens is 254 g/mol. The Morgan fingerprint density at radius 3 is 2.83 bits per heavy atom. The number of aromatic nitrogens is 2. The zero-order valence-corrected chi connectivity index (χ0v) is 8.97. The molecule has 0 bridgehead atoms. The van der Waals surface area contributed by atoms with Gasteiger partial charge in [0.25, 0.3) is 11.4 Å². The van der Waals surface area contributed by atoms with Crippen molar-refractivity contribution in [2.24, 2.45) is 0 Å². The molecule has 9 heteroatoms. The maximum Gasteiger partial charge on any atom is 0.330 e. The van der Waals surface area contributed by atoms with Crippen molar-refractivity contribution < 1.29 is 23.7 Å². The molecule has 3 N–H and O–H groups in total. The number of aliphatic hydroxyl groups excluding tert-OH is 2. The molecule has 0 aromatic carbocycles. The summed E-state index contributed by atoms with van der Waals surface area (Å²) < 4.78 is 32.0. The number of ether oxygens (including phenoxy) is 1. The monoisotopic (exact) mass is 264 g/mol.